The number of nitrogens with zero attached hydrogens (tertiary/aromatic N) is 4. The number of alkyl halides is 1. The Morgan fingerprint density at radius 2 is 2.18 bits per heavy atom. The van der Waals surface area contributed by atoms with Gasteiger partial charge in [-0.25, -0.2) is 19.3 Å². The van der Waals surface area contributed by atoms with E-state index in [0.717, 1.165) is 17.7 Å². The Morgan fingerprint density at radius 1 is 1.36 bits per heavy atom. The van der Waals surface area contributed by atoms with Crippen molar-refractivity contribution in [1.82, 2.24) is 20.3 Å². The molecule has 3 atom stereocenters. The maximum absolute atomic E-state index is 13.2. The molecule has 10 heteroatoms. The summed E-state index contributed by atoms with van der Waals surface area (Å²) in [5.74, 6) is -0.0946. The summed E-state index contributed by atoms with van der Waals surface area (Å²) in [5.41, 5.74) is 3.72. The summed E-state index contributed by atoms with van der Waals surface area (Å²) >= 11 is 0. The Balaban J connectivity index is 1.52. The first-order valence-corrected chi connectivity index (χ1v) is 10.8. The van der Waals surface area contributed by atoms with Gasteiger partial charge in [0.25, 0.3) is 0 Å². The van der Waals surface area contributed by atoms with E-state index in [2.05, 4.69) is 36.1 Å². The van der Waals surface area contributed by atoms with Crippen LogP contribution in [0.3, 0.4) is 0 Å². The summed E-state index contributed by atoms with van der Waals surface area (Å²) < 4.78 is 13.2. The molecule has 2 aromatic heterocycles. The van der Waals surface area contributed by atoms with Crippen LogP contribution in [0.2, 0.25) is 0 Å². The molecule has 0 saturated heterocycles. The number of carbonyl (C=O) groups is 1. The molecule has 3 heterocycles. The number of hydrogen-bond acceptors (Lipinski definition) is 8. The Bertz CT molecular complexity index is 1130. The third-order valence-electron chi connectivity index (χ3n) is 5.55. The number of hydrogen-bond donors (Lipinski definition) is 4. The van der Waals surface area contributed by atoms with Crippen LogP contribution in [0.1, 0.15) is 33.1 Å². The van der Waals surface area contributed by atoms with Crippen molar-refractivity contribution >= 4 is 23.3 Å². The number of dihydropyridines is 1. The van der Waals surface area contributed by atoms with Gasteiger partial charge < -0.3 is 21.2 Å². The van der Waals surface area contributed by atoms with E-state index < -0.39 is 12.1 Å². The first-order valence-electron chi connectivity index (χ1n) is 10.8. The predicted octanol–water partition coefficient (Wildman–Crippen LogP) is 3.64. The van der Waals surface area contributed by atoms with Crippen LogP contribution < -0.4 is 16.0 Å². The molecule has 1 saturated carbocycles. The highest BCUT2D eigenvalue weighted by atomic mass is 19.1. The van der Waals surface area contributed by atoms with E-state index in [0.29, 0.717) is 35.0 Å². The fraction of sp³-hybridized carbons (Fsp3) is 0.348. The van der Waals surface area contributed by atoms with Crippen molar-refractivity contribution in [2.45, 2.75) is 45.3 Å². The zero-order valence-corrected chi connectivity index (χ0v) is 18.4. The number of oxime groups is 1. The number of rotatable bonds is 8. The van der Waals surface area contributed by atoms with Crippen LogP contribution in [-0.4, -0.2) is 44.0 Å². The average molecular weight is 452 g/mol. The molecule has 1 aliphatic heterocycles. The summed E-state index contributed by atoms with van der Waals surface area (Å²) in [5, 5.41) is 21.9. The number of carbonyl (C=O) groups excluding carboxylic acids is 1. The lowest BCUT2D eigenvalue weighted by Gasteiger charge is -2.23. The summed E-state index contributed by atoms with van der Waals surface area (Å²) in [6.45, 7) is 3.99. The fourth-order valence-electron chi connectivity index (χ4n) is 3.59. The van der Waals surface area contributed by atoms with Crippen molar-refractivity contribution in [2.75, 3.05) is 10.6 Å². The highest BCUT2D eigenvalue weighted by molar-refractivity contribution is 5.94. The molecular formula is C23H26FN7O2. The van der Waals surface area contributed by atoms with Crippen molar-refractivity contribution in [3.8, 4) is 11.3 Å². The lowest BCUT2D eigenvalue weighted by atomic mass is 10.0. The zero-order valence-electron chi connectivity index (χ0n) is 18.4. The Labute approximate surface area is 190 Å². The Morgan fingerprint density at radius 3 is 2.88 bits per heavy atom. The second-order valence-corrected chi connectivity index (χ2v) is 8.05. The second kappa shape index (κ2) is 9.76. The molecule has 4 rings (SSSR count). The number of pyridine rings is 1. The van der Waals surface area contributed by atoms with Gasteiger partial charge in [-0.1, -0.05) is 24.6 Å². The van der Waals surface area contributed by atoms with Crippen LogP contribution in [0.4, 0.5) is 16.0 Å². The van der Waals surface area contributed by atoms with Crippen molar-refractivity contribution < 1.29 is 14.4 Å². The van der Waals surface area contributed by atoms with Crippen LogP contribution in [0.15, 0.2) is 59.4 Å². The van der Waals surface area contributed by atoms with Gasteiger partial charge in [0, 0.05) is 24.0 Å². The molecule has 2 aliphatic rings. The van der Waals surface area contributed by atoms with Gasteiger partial charge in [-0.15, -0.1) is 0 Å². The molecule has 1 amide bonds. The molecule has 33 heavy (non-hydrogen) atoms. The van der Waals surface area contributed by atoms with Crippen molar-refractivity contribution in [1.29, 1.82) is 0 Å². The van der Waals surface area contributed by atoms with Gasteiger partial charge in [-0.3, -0.25) is 4.79 Å². The van der Waals surface area contributed by atoms with Crippen molar-refractivity contribution in [3.63, 3.8) is 0 Å². The zero-order chi connectivity index (χ0) is 23.4. The van der Waals surface area contributed by atoms with Crippen molar-refractivity contribution in [3.05, 3.63) is 54.3 Å². The monoisotopic (exact) mass is 451 g/mol. The topological polar surface area (TPSA) is 124 Å². The molecule has 1 aliphatic carbocycles. The average Bonchev–Trinajstić information content (AvgIpc) is 3.56. The molecule has 9 nitrogen and oxygen atoms in total. The van der Waals surface area contributed by atoms with Gasteiger partial charge in [0.15, 0.2) is 0 Å². The summed E-state index contributed by atoms with van der Waals surface area (Å²) in [6, 6.07) is 5.11. The molecule has 0 radical (unpaired) electrons. The number of allylic oxidation sites excluding steroid dienone is 1. The van der Waals surface area contributed by atoms with Gasteiger partial charge in [0.2, 0.25) is 5.91 Å². The van der Waals surface area contributed by atoms with Crippen LogP contribution in [0.5, 0.6) is 0 Å². The Kier molecular flexibility index (Phi) is 6.62. The van der Waals surface area contributed by atoms with Crippen LogP contribution >= 0.6 is 0 Å². The minimum atomic E-state index is -1.07. The largest absolute Gasteiger partial charge is 0.411 e. The first kappa shape index (κ1) is 22.4. The minimum absolute atomic E-state index is 0.174. The van der Waals surface area contributed by atoms with Gasteiger partial charge in [0.1, 0.15) is 24.1 Å². The third kappa shape index (κ3) is 5.16. The number of anilines is 2. The van der Waals surface area contributed by atoms with Crippen LogP contribution in [-0.2, 0) is 4.79 Å². The van der Waals surface area contributed by atoms with Gasteiger partial charge >= 0.3 is 0 Å². The highest BCUT2D eigenvalue weighted by Gasteiger charge is 2.43. The van der Waals surface area contributed by atoms with Gasteiger partial charge in [-0.05, 0) is 37.5 Å². The maximum atomic E-state index is 13.2. The normalized spacial score (nSPS) is 22.0. The minimum Gasteiger partial charge on any atom is -0.411 e. The summed E-state index contributed by atoms with van der Waals surface area (Å²) in [7, 11) is 0. The number of aromatic nitrogens is 3. The molecule has 1 fully saturated rings. The van der Waals surface area contributed by atoms with Crippen LogP contribution in [0.25, 0.3) is 11.3 Å². The van der Waals surface area contributed by atoms with Gasteiger partial charge in [0.05, 0.1) is 29.1 Å². The van der Waals surface area contributed by atoms with E-state index in [4.69, 9.17) is 0 Å². The van der Waals surface area contributed by atoms with E-state index >= 15 is 0 Å². The van der Waals surface area contributed by atoms with E-state index in [1.54, 1.807) is 18.3 Å². The second-order valence-electron chi connectivity index (χ2n) is 8.05. The molecule has 4 N–H and O–H groups in total. The fourth-order valence-corrected chi connectivity index (χ4v) is 3.59. The maximum Gasteiger partial charge on any atom is 0.231 e. The summed E-state index contributed by atoms with van der Waals surface area (Å²) in [6.07, 6.45) is 7.59. The quantitative estimate of drug-likeness (QED) is 0.274. The van der Waals surface area contributed by atoms with Crippen LogP contribution in [0, 0.1) is 5.92 Å². The molecule has 172 valence electrons. The van der Waals surface area contributed by atoms with E-state index in [9.17, 15) is 14.4 Å². The number of nitrogens with one attached hydrogen (secondary N) is 3. The first-order chi connectivity index (χ1) is 16.0. The molecular weight excluding hydrogens is 425 g/mol. The molecule has 3 unspecified atom stereocenters. The highest BCUT2D eigenvalue weighted by Crippen LogP contribution is 2.35. The van der Waals surface area contributed by atoms with Crippen molar-refractivity contribution in [2.24, 2.45) is 11.1 Å². The van der Waals surface area contributed by atoms with E-state index in [-0.39, 0.29) is 18.4 Å². The SMILES string of the molecule is CCC/C(=N\O)C1C=C(C)C(Nc2ncccc2-c2cc(NC(=O)C3CC3F)ncn2)=CN1. The predicted molar refractivity (Wildman–Crippen MR) is 123 cm³/mol. The third-order valence-corrected chi connectivity index (χ3v) is 5.55. The lowest BCUT2D eigenvalue weighted by molar-refractivity contribution is -0.117. The lowest BCUT2D eigenvalue weighted by Crippen LogP contribution is -2.35. The summed E-state index contributed by atoms with van der Waals surface area (Å²) in [4.78, 5) is 24.9. The number of amides is 1. The van der Waals surface area contributed by atoms with Gasteiger partial charge in [-0.2, -0.15) is 0 Å². The standard InChI is InChI=1S/C23H26FN7O2/c1-3-5-17(31-33)19-8-13(2)20(11-26-19)29-22-14(6-4-7-25-22)18-10-21(28-12-27-18)30-23(32)15-9-16(15)24/h4,6-8,10-12,15-16,19,26,33H,3,5,9H2,1-2H3,(H,25,29)(H,27,28,30,32)/b31-17+. The number of halogens is 1. The molecule has 0 aromatic carbocycles. The van der Waals surface area contributed by atoms with E-state index in [1.807, 2.05) is 32.2 Å². The molecule has 2 aromatic rings. The molecule has 0 spiro atoms. The Hall–Kier alpha value is -3.82. The smallest absolute Gasteiger partial charge is 0.231 e. The van der Waals surface area contributed by atoms with E-state index in [1.165, 1.54) is 6.33 Å². The molecule has 0 bridgehead atoms.